The van der Waals surface area contributed by atoms with Gasteiger partial charge < -0.3 is 20.3 Å². The molecule has 2 unspecified atom stereocenters. The van der Waals surface area contributed by atoms with Gasteiger partial charge in [0.2, 0.25) is 0 Å². The van der Waals surface area contributed by atoms with Gasteiger partial charge in [0.25, 0.3) is 0 Å². The Morgan fingerprint density at radius 3 is 2.63 bits per heavy atom. The summed E-state index contributed by atoms with van der Waals surface area (Å²) in [5, 5.41) is 7.19. The van der Waals surface area contributed by atoms with Gasteiger partial charge in [-0.15, -0.1) is 0 Å². The zero-order valence-electron chi connectivity index (χ0n) is 16.0. The van der Waals surface area contributed by atoms with Crippen molar-refractivity contribution in [3.63, 3.8) is 0 Å². The normalized spacial score (nSPS) is 20.3. The Kier molecular flexibility index (Phi) is 5.16. The molecule has 2 aromatic carbocycles. The van der Waals surface area contributed by atoms with Crippen LogP contribution in [-0.4, -0.2) is 44.7 Å². The topological polar surface area (TPSA) is 36.5 Å². The number of anilines is 2. The summed E-state index contributed by atoms with van der Waals surface area (Å²) >= 11 is 0. The summed E-state index contributed by atoms with van der Waals surface area (Å²) in [6, 6.07) is 19.0. The quantitative estimate of drug-likeness (QED) is 0.779. The molecule has 0 saturated heterocycles. The molecule has 27 heavy (non-hydrogen) atoms. The lowest BCUT2D eigenvalue weighted by Crippen LogP contribution is -2.30. The number of ether oxygens (including phenoxy) is 1. The first-order chi connectivity index (χ1) is 13.2. The molecule has 0 saturated carbocycles. The first kappa shape index (κ1) is 17.7. The molecule has 1 heterocycles. The van der Waals surface area contributed by atoms with Crippen molar-refractivity contribution in [2.24, 2.45) is 0 Å². The predicted molar refractivity (Wildman–Crippen MR) is 112 cm³/mol. The van der Waals surface area contributed by atoms with Crippen LogP contribution in [0.15, 0.2) is 78.1 Å². The molecular weight excluding hydrogens is 334 g/mol. The molecule has 2 atom stereocenters. The van der Waals surface area contributed by atoms with Crippen LogP contribution < -0.4 is 10.6 Å². The Hall–Kier alpha value is -2.72. The predicted octanol–water partition coefficient (Wildman–Crippen LogP) is 4.08. The van der Waals surface area contributed by atoms with Crippen LogP contribution in [0.3, 0.4) is 0 Å². The molecule has 0 aromatic heterocycles. The lowest BCUT2D eigenvalue weighted by atomic mass is 9.87. The van der Waals surface area contributed by atoms with Crippen LogP contribution in [0.25, 0.3) is 0 Å². The van der Waals surface area contributed by atoms with E-state index in [0.717, 1.165) is 24.5 Å². The molecule has 0 bridgehead atoms. The van der Waals surface area contributed by atoms with Gasteiger partial charge in [-0.25, -0.2) is 0 Å². The molecule has 0 fully saturated rings. The Labute approximate surface area is 161 Å². The van der Waals surface area contributed by atoms with Crippen molar-refractivity contribution in [3.05, 3.63) is 83.6 Å². The summed E-state index contributed by atoms with van der Waals surface area (Å²) in [5.41, 5.74) is 4.89. The summed E-state index contributed by atoms with van der Waals surface area (Å²) in [6.07, 6.45) is 4.54. The molecule has 4 nitrogen and oxygen atoms in total. The largest absolute Gasteiger partial charge is 0.494 e. The summed E-state index contributed by atoms with van der Waals surface area (Å²) in [7, 11) is 4.14. The van der Waals surface area contributed by atoms with Gasteiger partial charge in [-0.1, -0.05) is 48.6 Å². The second-order valence-corrected chi connectivity index (χ2v) is 7.35. The molecule has 4 heteroatoms. The molecule has 1 aliphatic heterocycles. The maximum atomic E-state index is 6.32. The van der Waals surface area contributed by atoms with E-state index in [0.29, 0.717) is 12.5 Å². The lowest BCUT2D eigenvalue weighted by Gasteiger charge is -2.28. The van der Waals surface area contributed by atoms with Gasteiger partial charge in [-0.3, -0.25) is 0 Å². The second-order valence-electron chi connectivity index (χ2n) is 7.35. The number of benzene rings is 2. The van der Waals surface area contributed by atoms with Crippen LogP contribution in [-0.2, 0) is 4.74 Å². The van der Waals surface area contributed by atoms with Gasteiger partial charge in [0, 0.05) is 36.0 Å². The number of rotatable bonds is 7. The van der Waals surface area contributed by atoms with Crippen LogP contribution in [0, 0.1) is 0 Å². The number of fused-ring (bicyclic) bond motifs is 3. The number of hydrogen-bond acceptors (Lipinski definition) is 4. The third-order valence-electron chi connectivity index (χ3n) is 5.15. The van der Waals surface area contributed by atoms with Crippen LogP contribution in [0.4, 0.5) is 11.4 Å². The van der Waals surface area contributed by atoms with E-state index in [1.165, 1.54) is 16.8 Å². The van der Waals surface area contributed by atoms with Gasteiger partial charge in [0.15, 0.2) is 0 Å². The standard InChI is InChI=1S/C23H27N3O/c1-26(2)14-15-27-23-17(16-24-18-8-4-3-5-9-18)12-13-20-19-10-6-7-11-21(19)25-22(20)23/h3-13,20,22,24-25H,14-16H2,1-2H3. The van der Waals surface area contributed by atoms with Crippen molar-refractivity contribution < 1.29 is 4.74 Å². The molecule has 1 aliphatic carbocycles. The third kappa shape index (κ3) is 3.86. The first-order valence-corrected chi connectivity index (χ1v) is 9.55. The molecule has 2 N–H and O–H groups in total. The van der Waals surface area contributed by atoms with E-state index < -0.39 is 0 Å². The fraction of sp³-hybridized carbons (Fsp3) is 0.304. The molecule has 2 aromatic rings. The molecule has 4 rings (SSSR count). The Balaban J connectivity index is 1.56. The summed E-state index contributed by atoms with van der Waals surface area (Å²) in [5.74, 6) is 1.39. The number of nitrogens with one attached hydrogen (secondary N) is 2. The number of hydrogen-bond donors (Lipinski definition) is 2. The smallest absolute Gasteiger partial charge is 0.124 e. The Bertz CT molecular complexity index is 842. The van der Waals surface area contributed by atoms with Crippen LogP contribution in [0.1, 0.15) is 11.5 Å². The van der Waals surface area contributed by atoms with E-state index >= 15 is 0 Å². The molecule has 0 amide bonds. The van der Waals surface area contributed by atoms with Crippen LogP contribution >= 0.6 is 0 Å². The molecular formula is C23H27N3O. The molecule has 140 valence electrons. The van der Waals surface area contributed by atoms with E-state index in [-0.39, 0.29) is 6.04 Å². The van der Waals surface area contributed by atoms with E-state index in [9.17, 15) is 0 Å². The monoisotopic (exact) mass is 361 g/mol. The summed E-state index contributed by atoms with van der Waals surface area (Å²) in [6.45, 7) is 2.34. The zero-order valence-corrected chi connectivity index (χ0v) is 16.0. The zero-order chi connectivity index (χ0) is 18.6. The van der Waals surface area contributed by atoms with E-state index in [4.69, 9.17) is 4.74 Å². The van der Waals surface area contributed by atoms with E-state index in [1.54, 1.807) is 0 Å². The number of para-hydroxylation sites is 2. The van der Waals surface area contributed by atoms with Gasteiger partial charge in [-0.05, 0) is 37.9 Å². The van der Waals surface area contributed by atoms with Crippen molar-refractivity contribution in [2.75, 3.05) is 44.4 Å². The molecule has 2 aliphatic rings. The Morgan fingerprint density at radius 1 is 1.04 bits per heavy atom. The van der Waals surface area contributed by atoms with Gasteiger partial charge >= 0.3 is 0 Å². The average Bonchev–Trinajstić information content (AvgIpc) is 3.06. The summed E-state index contributed by atoms with van der Waals surface area (Å²) < 4.78 is 6.32. The average molecular weight is 361 g/mol. The maximum absolute atomic E-state index is 6.32. The highest BCUT2D eigenvalue weighted by Gasteiger charge is 2.37. The Morgan fingerprint density at radius 2 is 1.81 bits per heavy atom. The van der Waals surface area contributed by atoms with Gasteiger partial charge in [0.05, 0.1) is 6.04 Å². The third-order valence-corrected chi connectivity index (χ3v) is 5.15. The van der Waals surface area contributed by atoms with Crippen LogP contribution in [0.2, 0.25) is 0 Å². The lowest BCUT2D eigenvalue weighted by molar-refractivity contribution is 0.167. The van der Waals surface area contributed by atoms with E-state index in [2.05, 4.69) is 78.2 Å². The number of nitrogens with zero attached hydrogens (tertiary/aromatic N) is 1. The highest BCUT2D eigenvalue weighted by atomic mass is 16.5. The van der Waals surface area contributed by atoms with Crippen molar-refractivity contribution in [1.82, 2.24) is 4.90 Å². The first-order valence-electron chi connectivity index (χ1n) is 9.55. The van der Waals surface area contributed by atoms with Gasteiger partial charge in [-0.2, -0.15) is 0 Å². The fourth-order valence-corrected chi connectivity index (χ4v) is 3.72. The fourth-order valence-electron chi connectivity index (χ4n) is 3.72. The highest BCUT2D eigenvalue weighted by molar-refractivity contribution is 5.64. The van der Waals surface area contributed by atoms with Gasteiger partial charge in [0.1, 0.15) is 12.4 Å². The molecule has 0 radical (unpaired) electrons. The highest BCUT2D eigenvalue weighted by Crippen LogP contribution is 2.43. The minimum atomic E-state index is 0.169. The second kappa shape index (κ2) is 7.89. The minimum Gasteiger partial charge on any atom is -0.494 e. The molecule has 0 spiro atoms. The maximum Gasteiger partial charge on any atom is 0.124 e. The SMILES string of the molecule is CN(C)CCOC1=C(CNc2ccccc2)C=CC2c3ccccc3NC12. The minimum absolute atomic E-state index is 0.169. The van der Waals surface area contributed by atoms with Crippen molar-refractivity contribution in [3.8, 4) is 0 Å². The summed E-state index contributed by atoms with van der Waals surface area (Å²) in [4.78, 5) is 2.15. The van der Waals surface area contributed by atoms with E-state index in [1.807, 2.05) is 18.2 Å². The van der Waals surface area contributed by atoms with Crippen molar-refractivity contribution >= 4 is 11.4 Å². The number of likely N-dealkylation sites (N-methyl/N-ethyl adjacent to an activating group) is 1. The van der Waals surface area contributed by atoms with Crippen molar-refractivity contribution in [2.45, 2.75) is 12.0 Å². The van der Waals surface area contributed by atoms with Crippen LogP contribution in [0.5, 0.6) is 0 Å². The van der Waals surface area contributed by atoms with Crippen molar-refractivity contribution in [1.29, 1.82) is 0 Å².